The van der Waals surface area contributed by atoms with Gasteiger partial charge >= 0.3 is 5.97 Å². The molecule has 4 nitrogen and oxygen atoms in total. The molecule has 0 bridgehead atoms. The molecule has 2 rings (SSSR count). The predicted molar refractivity (Wildman–Crippen MR) is 73.2 cm³/mol. The van der Waals surface area contributed by atoms with E-state index in [9.17, 15) is 9.90 Å². The summed E-state index contributed by atoms with van der Waals surface area (Å²) >= 11 is 0. The van der Waals surface area contributed by atoms with Crippen LogP contribution >= 0.6 is 0 Å². The van der Waals surface area contributed by atoms with Gasteiger partial charge < -0.3 is 9.84 Å². The van der Waals surface area contributed by atoms with Gasteiger partial charge in [-0.1, -0.05) is 37.3 Å². The molecule has 1 aliphatic heterocycles. The summed E-state index contributed by atoms with van der Waals surface area (Å²) < 4.78 is 4.94. The summed E-state index contributed by atoms with van der Waals surface area (Å²) in [4.78, 5) is 16.0. The molecule has 3 atom stereocenters. The molecule has 0 fully saturated rings. The molecular weight excluding hydrogens is 242 g/mol. The van der Waals surface area contributed by atoms with Gasteiger partial charge in [-0.25, -0.2) is 0 Å². The van der Waals surface area contributed by atoms with E-state index in [1.165, 1.54) is 0 Å². The molecule has 4 heteroatoms. The third-order valence-electron chi connectivity index (χ3n) is 3.44. The Hall–Kier alpha value is -1.68. The van der Waals surface area contributed by atoms with Crippen LogP contribution in [0.3, 0.4) is 0 Å². The lowest BCUT2D eigenvalue weighted by Crippen LogP contribution is -2.28. The Morgan fingerprint density at radius 2 is 2.05 bits per heavy atom. The summed E-state index contributed by atoms with van der Waals surface area (Å²) in [5.41, 5.74) is 1.58. The van der Waals surface area contributed by atoms with Gasteiger partial charge in [-0.05, 0) is 12.5 Å². The molecule has 1 aromatic carbocycles. The van der Waals surface area contributed by atoms with Crippen molar-refractivity contribution in [2.24, 2.45) is 10.9 Å². The third kappa shape index (κ3) is 3.01. The van der Waals surface area contributed by atoms with Crippen molar-refractivity contribution in [3.05, 3.63) is 35.9 Å². The average Bonchev–Trinajstić information content (AvgIpc) is 2.68. The molecule has 1 heterocycles. The van der Waals surface area contributed by atoms with Crippen LogP contribution in [0.25, 0.3) is 0 Å². The summed E-state index contributed by atoms with van der Waals surface area (Å²) in [6, 6.07) is 9.37. The molecule has 0 radical (unpaired) electrons. The maximum atomic E-state index is 11.5. The number of esters is 1. The highest BCUT2D eigenvalue weighted by atomic mass is 16.5. The minimum atomic E-state index is -0.623. The lowest BCUT2D eigenvalue weighted by Gasteiger charge is -2.15. The fraction of sp³-hybridized carbons (Fsp3) is 0.467. The van der Waals surface area contributed by atoms with Gasteiger partial charge in [-0.2, -0.15) is 0 Å². The van der Waals surface area contributed by atoms with Crippen molar-refractivity contribution in [2.45, 2.75) is 32.4 Å². The van der Waals surface area contributed by atoms with Crippen LogP contribution < -0.4 is 0 Å². The molecule has 0 saturated heterocycles. The van der Waals surface area contributed by atoms with Gasteiger partial charge in [0.15, 0.2) is 0 Å². The molecular formula is C15H19NO3. The van der Waals surface area contributed by atoms with Crippen LogP contribution in [0.4, 0.5) is 0 Å². The number of hydrogen-bond donors (Lipinski definition) is 1. The van der Waals surface area contributed by atoms with E-state index in [2.05, 4.69) is 4.99 Å². The van der Waals surface area contributed by atoms with Crippen molar-refractivity contribution in [1.82, 2.24) is 0 Å². The second-order valence-corrected chi connectivity index (χ2v) is 4.76. The van der Waals surface area contributed by atoms with Gasteiger partial charge in [0, 0.05) is 5.92 Å². The van der Waals surface area contributed by atoms with Gasteiger partial charge in [0.1, 0.15) is 6.10 Å². The Balaban J connectivity index is 2.15. The average molecular weight is 261 g/mol. The first-order valence-electron chi connectivity index (χ1n) is 6.60. The zero-order valence-corrected chi connectivity index (χ0v) is 11.2. The molecule has 0 spiro atoms. The first kappa shape index (κ1) is 13.7. The fourth-order valence-corrected chi connectivity index (χ4v) is 2.31. The topological polar surface area (TPSA) is 58.9 Å². The van der Waals surface area contributed by atoms with Crippen LogP contribution in [0, 0.1) is 5.92 Å². The molecule has 1 N–H and O–H groups in total. The highest BCUT2D eigenvalue weighted by Crippen LogP contribution is 2.27. The third-order valence-corrected chi connectivity index (χ3v) is 3.44. The minimum Gasteiger partial charge on any atom is -0.466 e. The van der Waals surface area contributed by atoms with Crippen LogP contribution in [-0.2, 0) is 9.53 Å². The first-order chi connectivity index (χ1) is 9.13. The number of ether oxygens (including phenoxy) is 1. The first-order valence-corrected chi connectivity index (χ1v) is 6.60. The van der Waals surface area contributed by atoms with Crippen LogP contribution in [-0.4, -0.2) is 35.5 Å². The number of nitrogens with zero attached hydrogens (tertiary/aromatic N) is 1. The SMILES string of the molecule is CCOC(=O)C[C@H]1N=C(c2ccccc2)[C@H](O)[C@@H]1C. The van der Waals surface area contributed by atoms with Crippen LogP contribution in [0.1, 0.15) is 25.8 Å². The zero-order chi connectivity index (χ0) is 13.8. The van der Waals surface area contributed by atoms with E-state index >= 15 is 0 Å². The standard InChI is InChI=1S/C15H19NO3/c1-3-19-13(17)9-12-10(2)15(18)14(16-12)11-7-5-4-6-8-11/h4-8,10,12,15,18H,3,9H2,1-2H3/t10-,12-,15-/m1/s1. The quantitative estimate of drug-likeness (QED) is 0.841. The Morgan fingerprint density at radius 3 is 2.68 bits per heavy atom. The van der Waals surface area contributed by atoms with Crippen LogP contribution in [0.5, 0.6) is 0 Å². The van der Waals surface area contributed by atoms with E-state index in [0.717, 1.165) is 5.56 Å². The summed E-state index contributed by atoms with van der Waals surface area (Å²) in [5.74, 6) is -0.329. The van der Waals surface area contributed by atoms with Gasteiger partial charge in [0.05, 0.1) is 24.8 Å². The number of benzene rings is 1. The highest BCUT2D eigenvalue weighted by Gasteiger charge is 2.36. The number of rotatable bonds is 4. The van der Waals surface area contributed by atoms with E-state index in [-0.39, 0.29) is 24.3 Å². The number of aliphatic hydroxyl groups excluding tert-OH is 1. The van der Waals surface area contributed by atoms with Gasteiger partial charge in [-0.3, -0.25) is 9.79 Å². The molecule has 1 aromatic rings. The molecule has 0 aromatic heterocycles. The number of aliphatic imine (C=N–C) groups is 1. The molecule has 0 amide bonds. The van der Waals surface area contributed by atoms with E-state index in [4.69, 9.17) is 4.74 Å². The van der Waals surface area contributed by atoms with Crippen molar-refractivity contribution in [2.75, 3.05) is 6.61 Å². The monoisotopic (exact) mass is 261 g/mol. The van der Waals surface area contributed by atoms with Crippen molar-refractivity contribution >= 4 is 11.7 Å². The highest BCUT2D eigenvalue weighted by molar-refractivity contribution is 6.05. The summed E-state index contributed by atoms with van der Waals surface area (Å²) in [6.45, 7) is 4.06. The Bertz CT molecular complexity index is 470. The Morgan fingerprint density at radius 1 is 1.37 bits per heavy atom. The van der Waals surface area contributed by atoms with E-state index in [1.54, 1.807) is 6.92 Å². The summed E-state index contributed by atoms with van der Waals surface area (Å²) in [6.07, 6.45) is -0.399. The molecule has 0 aliphatic carbocycles. The number of hydrogen-bond acceptors (Lipinski definition) is 4. The van der Waals surface area contributed by atoms with E-state index < -0.39 is 6.10 Å². The van der Waals surface area contributed by atoms with Crippen molar-refractivity contribution in [3.8, 4) is 0 Å². The number of carbonyl (C=O) groups excluding carboxylic acids is 1. The van der Waals surface area contributed by atoms with Crippen LogP contribution in [0.2, 0.25) is 0 Å². The van der Waals surface area contributed by atoms with E-state index in [0.29, 0.717) is 12.3 Å². The lowest BCUT2D eigenvalue weighted by molar-refractivity contribution is -0.143. The van der Waals surface area contributed by atoms with Gasteiger partial charge in [-0.15, -0.1) is 0 Å². The number of carbonyl (C=O) groups is 1. The molecule has 102 valence electrons. The molecule has 0 saturated carbocycles. The number of aliphatic hydroxyl groups is 1. The van der Waals surface area contributed by atoms with Crippen molar-refractivity contribution in [3.63, 3.8) is 0 Å². The van der Waals surface area contributed by atoms with Crippen LogP contribution in [0.15, 0.2) is 35.3 Å². The zero-order valence-electron chi connectivity index (χ0n) is 11.2. The van der Waals surface area contributed by atoms with E-state index in [1.807, 2.05) is 37.3 Å². The lowest BCUT2D eigenvalue weighted by atomic mass is 9.93. The van der Waals surface area contributed by atoms with Gasteiger partial charge in [0.25, 0.3) is 0 Å². The Labute approximate surface area is 113 Å². The largest absolute Gasteiger partial charge is 0.466 e. The maximum Gasteiger partial charge on any atom is 0.307 e. The minimum absolute atomic E-state index is 0.0698. The van der Waals surface area contributed by atoms with Crippen molar-refractivity contribution < 1.29 is 14.6 Å². The smallest absolute Gasteiger partial charge is 0.307 e. The summed E-state index contributed by atoms with van der Waals surface area (Å²) in [5, 5.41) is 10.2. The maximum absolute atomic E-state index is 11.5. The predicted octanol–water partition coefficient (Wildman–Crippen LogP) is 1.81. The normalized spacial score (nSPS) is 26.1. The fourth-order valence-electron chi connectivity index (χ4n) is 2.31. The molecule has 0 unspecified atom stereocenters. The van der Waals surface area contributed by atoms with Crippen molar-refractivity contribution in [1.29, 1.82) is 0 Å². The Kier molecular flexibility index (Phi) is 4.32. The second kappa shape index (κ2) is 5.97. The second-order valence-electron chi connectivity index (χ2n) is 4.76. The van der Waals surface area contributed by atoms with Gasteiger partial charge in [0.2, 0.25) is 0 Å². The summed E-state index contributed by atoms with van der Waals surface area (Å²) in [7, 11) is 0. The molecule has 19 heavy (non-hydrogen) atoms. The molecule has 1 aliphatic rings.